The van der Waals surface area contributed by atoms with Crippen LogP contribution >= 0.6 is 11.6 Å². The topological polar surface area (TPSA) is 96.0 Å². The molecule has 0 aliphatic carbocycles. The van der Waals surface area contributed by atoms with E-state index < -0.39 is 28.5 Å². The summed E-state index contributed by atoms with van der Waals surface area (Å²) in [6.45, 7) is 3.70. The maximum absolute atomic E-state index is 13.5. The fourth-order valence-electron chi connectivity index (χ4n) is 3.36. The Morgan fingerprint density at radius 2 is 1.67 bits per heavy atom. The molecule has 0 saturated carbocycles. The van der Waals surface area contributed by atoms with Gasteiger partial charge < -0.3 is 15.0 Å². The third kappa shape index (κ3) is 7.36. The number of methoxy groups -OCH3 is 1. The number of benzene rings is 2. The molecule has 8 nitrogen and oxygen atoms in total. The smallest absolute Gasteiger partial charge is 0.244 e. The van der Waals surface area contributed by atoms with Gasteiger partial charge in [-0.25, -0.2) is 8.42 Å². The summed E-state index contributed by atoms with van der Waals surface area (Å²) in [5.41, 5.74) is 1.09. The van der Waals surface area contributed by atoms with E-state index in [1.54, 1.807) is 62.4 Å². The highest BCUT2D eigenvalue weighted by Crippen LogP contribution is 2.23. The Morgan fingerprint density at radius 1 is 1.06 bits per heavy atom. The fraction of sp³-hybridized carbons (Fsp3) is 0.391. The number of sulfonamides is 1. The van der Waals surface area contributed by atoms with Crippen molar-refractivity contribution in [3.05, 3.63) is 59.1 Å². The average molecular weight is 496 g/mol. The van der Waals surface area contributed by atoms with E-state index in [4.69, 9.17) is 16.3 Å². The first-order chi connectivity index (χ1) is 15.6. The molecule has 1 atom stereocenters. The average Bonchev–Trinajstić information content (AvgIpc) is 2.78. The number of anilines is 1. The highest BCUT2D eigenvalue weighted by Gasteiger charge is 2.31. The van der Waals surface area contributed by atoms with Gasteiger partial charge in [-0.05, 0) is 55.3 Å². The van der Waals surface area contributed by atoms with Crippen molar-refractivity contribution in [1.82, 2.24) is 10.2 Å². The van der Waals surface area contributed by atoms with E-state index in [0.717, 1.165) is 16.1 Å². The van der Waals surface area contributed by atoms with Crippen LogP contribution in [0.4, 0.5) is 5.69 Å². The summed E-state index contributed by atoms with van der Waals surface area (Å²) in [5.74, 6) is -0.230. The predicted molar refractivity (Wildman–Crippen MR) is 130 cm³/mol. The monoisotopic (exact) mass is 495 g/mol. The van der Waals surface area contributed by atoms with E-state index in [9.17, 15) is 18.0 Å². The zero-order valence-electron chi connectivity index (χ0n) is 19.2. The highest BCUT2D eigenvalue weighted by atomic mass is 35.5. The molecule has 2 aromatic rings. The highest BCUT2D eigenvalue weighted by molar-refractivity contribution is 7.92. The molecule has 0 aliphatic rings. The van der Waals surface area contributed by atoms with Crippen molar-refractivity contribution >= 4 is 39.1 Å². The van der Waals surface area contributed by atoms with Crippen LogP contribution in [0.1, 0.15) is 25.8 Å². The lowest BCUT2D eigenvalue weighted by Gasteiger charge is -2.32. The van der Waals surface area contributed by atoms with Crippen LogP contribution in [0.15, 0.2) is 48.5 Å². The lowest BCUT2D eigenvalue weighted by atomic mass is 10.1. The summed E-state index contributed by atoms with van der Waals surface area (Å²) in [6, 6.07) is 12.6. The molecular formula is C23H30ClN3O5S. The molecule has 0 spiro atoms. The Morgan fingerprint density at radius 3 is 2.15 bits per heavy atom. The SMILES string of the molecule is CCNC(=O)[C@H](CC)N(Cc1ccc(Cl)cc1)C(=O)CN(c1ccc(OC)cc1)S(C)(=O)=O. The molecule has 0 saturated heterocycles. The maximum atomic E-state index is 13.5. The van der Waals surface area contributed by atoms with Crippen molar-refractivity contribution in [3.63, 3.8) is 0 Å². The van der Waals surface area contributed by atoms with Crippen molar-refractivity contribution in [2.45, 2.75) is 32.9 Å². The van der Waals surface area contributed by atoms with Crippen molar-refractivity contribution in [1.29, 1.82) is 0 Å². The molecule has 0 radical (unpaired) electrons. The van der Waals surface area contributed by atoms with Crippen LogP contribution in [0, 0.1) is 0 Å². The van der Waals surface area contributed by atoms with Crippen LogP contribution in [0.2, 0.25) is 5.02 Å². The summed E-state index contributed by atoms with van der Waals surface area (Å²) in [5, 5.41) is 3.31. The number of hydrogen-bond donors (Lipinski definition) is 1. The van der Waals surface area contributed by atoms with Gasteiger partial charge in [-0.2, -0.15) is 0 Å². The van der Waals surface area contributed by atoms with Crippen LogP contribution in [0.5, 0.6) is 5.75 Å². The third-order valence-electron chi connectivity index (χ3n) is 5.04. The van der Waals surface area contributed by atoms with Crippen molar-refractivity contribution < 1.29 is 22.7 Å². The van der Waals surface area contributed by atoms with E-state index in [1.165, 1.54) is 12.0 Å². The normalized spacial score (nSPS) is 12.0. The lowest BCUT2D eigenvalue weighted by Crippen LogP contribution is -2.52. The number of hydrogen-bond acceptors (Lipinski definition) is 5. The number of ether oxygens (including phenoxy) is 1. The first-order valence-electron chi connectivity index (χ1n) is 10.5. The number of nitrogens with zero attached hydrogens (tertiary/aromatic N) is 2. The summed E-state index contributed by atoms with van der Waals surface area (Å²) in [4.78, 5) is 27.6. The Balaban J connectivity index is 2.40. The van der Waals surface area contributed by atoms with Gasteiger partial charge in [0.2, 0.25) is 21.8 Å². The minimum Gasteiger partial charge on any atom is -0.497 e. The number of amides is 2. The van der Waals surface area contributed by atoms with Gasteiger partial charge in [-0.15, -0.1) is 0 Å². The fourth-order valence-corrected chi connectivity index (χ4v) is 4.34. The molecule has 0 aromatic heterocycles. The van der Waals surface area contributed by atoms with Crippen LogP contribution in [-0.2, 0) is 26.2 Å². The van der Waals surface area contributed by atoms with Gasteiger partial charge in [-0.1, -0.05) is 30.7 Å². The molecule has 0 unspecified atom stereocenters. The van der Waals surface area contributed by atoms with E-state index in [2.05, 4.69) is 5.32 Å². The molecule has 2 amide bonds. The molecule has 0 fully saturated rings. The lowest BCUT2D eigenvalue weighted by molar-refractivity contribution is -0.140. The number of carbonyl (C=O) groups is 2. The molecule has 10 heteroatoms. The Bertz CT molecular complexity index is 1040. The Kier molecular flexibility index (Phi) is 9.55. The van der Waals surface area contributed by atoms with Gasteiger partial charge in [0.25, 0.3) is 0 Å². The summed E-state index contributed by atoms with van der Waals surface area (Å²) < 4.78 is 31.2. The second-order valence-corrected chi connectivity index (χ2v) is 9.78. The largest absolute Gasteiger partial charge is 0.497 e. The van der Waals surface area contributed by atoms with Gasteiger partial charge in [0.15, 0.2) is 0 Å². The first-order valence-corrected chi connectivity index (χ1v) is 12.8. The molecular weight excluding hydrogens is 466 g/mol. The van der Waals surface area contributed by atoms with Crippen molar-refractivity contribution in [3.8, 4) is 5.75 Å². The van der Waals surface area contributed by atoms with E-state index >= 15 is 0 Å². The number of nitrogens with one attached hydrogen (secondary N) is 1. The minimum absolute atomic E-state index is 0.131. The second-order valence-electron chi connectivity index (χ2n) is 7.43. The molecule has 0 bridgehead atoms. The van der Waals surface area contributed by atoms with E-state index in [1.807, 2.05) is 0 Å². The summed E-state index contributed by atoms with van der Waals surface area (Å²) >= 11 is 5.97. The summed E-state index contributed by atoms with van der Waals surface area (Å²) in [6.07, 6.45) is 1.40. The van der Waals surface area contributed by atoms with E-state index in [-0.39, 0.29) is 12.5 Å². The zero-order valence-corrected chi connectivity index (χ0v) is 20.8. The van der Waals surface area contributed by atoms with Gasteiger partial charge in [0.1, 0.15) is 18.3 Å². The van der Waals surface area contributed by atoms with Gasteiger partial charge in [-0.3, -0.25) is 13.9 Å². The first kappa shape index (κ1) is 26.5. The molecule has 180 valence electrons. The molecule has 1 N–H and O–H groups in total. The van der Waals surface area contributed by atoms with Crippen LogP contribution in [-0.4, -0.2) is 57.6 Å². The molecule has 2 rings (SSSR count). The number of halogens is 1. The quantitative estimate of drug-likeness (QED) is 0.517. The third-order valence-corrected chi connectivity index (χ3v) is 6.44. The van der Waals surface area contributed by atoms with Crippen molar-refractivity contribution in [2.24, 2.45) is 0 Å². The second kappa shape index (κ2) is 11.9. The van der Waals surface area contributed by atoms with Gasteiger partial charge >= 0.3 is 0 Å². The molecule has 33 heavy (non-hydrogen) atoms. The minimum atomic E-state index is -3.78. The van der Waals surface area contributed by atoms with Crippen LogP contribution in [0.25, 0.3) is 0 Å². The predicted octanol–water partition coefficient (Wildman–Crippen LogP) is 3.06. The number of likely N-dealkylation sites (N-methyl/N-ethyl adjacent to an activating group) is 1. The molecule has 0 aliphatic heterocycles. The van der Waals surface area contributed by atoms with Gasteiger partial charge in [0, 0.05) is 18.1 Å². The number of rotatable bonds is 11. The van der Waals surface area contributed by atoms with Crippen LogP contribution in [0.3, 0.4) is 0 Å². The Labute approximate surface area is 200 Å². The summed E-state index contributed by atoms with van der Waals surface area (Å²) in [7, 11) is -2.27. The van der Waals surface area contributed by atoms with Crippen molar-refractivity contribution in [2.75, 3.05) is 30.8 Å². The maximum Gasteiger partial charge on any atom is 0.244 e. The molecule has 2 aromatic carbocycles. The number of carbonyl (C=O) groups excluding carboxylic acids is 2. The zero-order chi connectivity index (χ0) is 24.6. The van der Waals surface area contributed by atoms with Gasteiger partial charge in [0.05, 0.1) is 19.1 Å². The van der Waals surface area contributed by atoms with E-state index in [0.29, 0.717) is 29.4 Å². The molecule has 0 heterocycles. The standard InChI is InChI=1S/C23H30ClN3O5S/c1-5-21(23(29)25-6-2)26(15-17-7-9-18(24)10-8-17)22(28)16-27(33(4,30)31)19-11-13-20(32-3)14-12-19/h7-14,21H,5-6,15-16H2,1-4H3,(H,25,29)/t21-/m0/s1. The Hall–Kier alpha value is -2.78. The van der Waals surface area contributed by atoms with Crippen LogP contribution < -0.4 is 14.4 Å².